The molecule has 0 radical (unpaired) electrons. The number of aromatic nitrogens is 1. The second-order valence-corrected chi connectivity index (χ2v) is 8.16. The molecule has 0 aliphatic rings. The van der Waals surface area contributed by atoms with Crippen molar-refractivity contribution in [2.24, 2.45) is 5.73 Å². The zero-order valence-corrected chi connectivity index (χ0v) is 17.3. The first kappa shape index (κ1) is 18.5. The second kappa shape index (κ2) is 7.35. The Hall–Kier alpha value is -3.57. The van der Waals surface area contributed by atoms with Crippen LogP contribution in [0.5, 0.6) is 5.75 Å². The van der Waals surface area contributed by atoms with Crippen molar-refractivity contribution in [3.63, 3.8) is 0 Å². The van der Waals surface area contributed by atoms with E-state index in [1.807, 2.05) is 30.3 Å². The highest BCUT2D eigenvalue weighted by molar-refractivity contribution is 7.13. The van der Waals surface area contributed by atoms with E-state index in [9.17, 15) is 4.79 Å². The maximum absolute atomic E-state index is 12.2. The third-order valence-electron chi connectivity index (χ3n) is 5.44. The third kappa shape index (κ3) is 3.04. The smallest absolute Gasteiger partial charge is 0.249 e. The summed E-state index contributed by atoms with van der Waals surface area (Å²) >= 11 is 1.71. The van der Waals surface area contributed by atoms with E-state index in [-0.39, 0.29) is 0 Å². The quantitative estimate of drug-likeness (QED) is 0.404. The molecular weight excluding hydrogens is 392 g/mol. The zero-order chi connectivity index (χ0) is 20.7. The van der Waals surface area contributed by atoms with Crippen LogP contribution in [0.25, 0.3) is 32.2 Å². The molecule has 5 aromatic rings. The summed E-state index contributed by atoms with van der Waals surface area (Å²) in [5, 5.41) is 4.01. The van der Waals surface area contributed by atoms with E-state index in [1.165, 1.54) is 4.88 Å². The van der Waals surface area contributed by atoms with Gasteiger partial charge in [0.15, 0.2) is 0 Å². The molecule has 2 N–H and O–H groups in total. The van der Waals surface area contributed by atoms with Crippen LogP contribution in [0.15, 0.2) is 78.2 Å². The van der Waals surface area contributed by atoms with E-state index >= 15 is 0 Å². The lowest BCUT2D eigenvalue weighted by molar-refractivity contribution is 0.100. The number of nitrogens with two attached hydrogens (primary N) is 1. The van der Waals surface area contributed by atoms with Gasteiger partial charge in [-0.05, 0) is 52.9 Å². The zero-order valence-electron chi connectivity index (χ0n) is 16.5. The molecule has 0 saturated carbocycles. The van der Waals surface area contributed by atoms with Crippen molar-refractivity contribution in [1.82, 2.24) is 4.57 Å². The fourth-order valence-corrected chi connectivity index (χ4v) is 4.79. The fraction of sp³-hybridized carbons (Fsp3) is 0.0800. The van der Waals surface area contributed by atoms with Gasteiger partial charge in [0.1, 0.15) is 5.75 Å². The second-order valence-electron chi connectivity index (χ2n) is 7.21. The van der Waals surface area contributed by atoms with Crippen LogP contribution >= 0.6 is 11.3 Å². The normalized spacial score (nSPS) is 11.2. The number of fused-ring (bicyclic) bond motifs is 3. The maximum Gasteiger partial charge on any atom is 0.249 e. The molecule has 0 bridgehead atoms. The lowest BCUT2D eigenvalue weighted by Gasteiger charge is -2.10. The maximum atomic E-state index is 12.2. The van der Waals surface area contributed by atoms with Crippen LogP contribution in [-0.2, 0) is 6.54 Å². The Labute approximate surface area is 178 Å². The number of hydrogen-bond donors (Lipinski definition) is 1. The number of primary amides is 1. The van der Waals surface area contributed by atoms with E-state index in [4.69, 9.17) is 10.5 Å². The van der Waals surface area contributed by atoms with Gasteiger partial charge in [0.2, 0.25) is 5.91 Å². The first-order chi connectivity index (χ1) is 14.7. The number of carbonyl (C=O) groups excluding carboxylic acids is 1. The molecule has 0 fully saturated rings. The van der Waals surface area contributed by atoms with Crippen molar-refractivity contribution in [2.75, 3.05) is 7.11 Å². The highest BCUT2D eigenvalue weighted by Crippen LogP contribution is 2.36. The molecule has 0 atom stereocenters. The molecule has 0 spiro atoms. The number of methoxy groups -OCH3 is 1. The topological polar surface area (TPSA) is 57.2 Å². The molecule has 5 heteroatoms. The summed E-state index contributed by atoms with van der Waals surface area (Å²) in [6.07, 6.45) is 0. The minimum Gasteiger partial charge on any atom is -0.497 e. The number of nitrogens with zero attached hydrogens (tertiary/aromatic N) is 1. The molecule has 2 aromatic heterocycles. The van der Waals surface area contributed by atoms with Crippen LogP contribution in [0.2, 0.25) is 0 Å². The Morgan fingerprint density at radius 2 is 1.87 bits per heavy atom. The van der Waals surface area contributed by atoms with Crippen molar-refractivity contribution in [3.05, 3.63) is 89.3 Å². The van der Waals surface area contributed by atoms with Crippen molar-refractivity contribution in [2.45, 2.75) is 6.54 Å². The van der Waals surface area contributed by atoms with Gasteiger partial charge in [-0.2, -0.15) is 0 Å². The van der Waals surface area contributed by atoms with Crippen molar-refractivity contribution < 1.29 is 9.53 Å². The summed E-state index contributed by atoms with van der Waals surface area (Å²) < 4.78 is 7.65. The summed E-state index contributed by atoms with van der Waals surface area (Å²) in [4.78, 5) is 13.4. The predicted molar refractivity (Wildman–Crippen MR) is 123 cm³/mol. The predicted octanol–water partition coefficient (Wildman–Crippen LogP) is 5.68. The monoisotopic (exact) mass is 412 g/mol. The summed E-state index contributed by atoms with van der Waals surface area (Å²) in [5.41, 5.74) is 10.6. The van der Waals surface area contributed by atoms with Crippen LogP contribution in [0.3, 0.4) is 0 Å². The molecule has 148 valence electrons. The molecular formula is C25H20N2O2S. The van der Waals surface area contributed by atoms with Gasteiger partial charge in [0.25, 0.3) is 0 Å². The van der Waals surface area contributed by atoms with Gasteiger partial charge in [-0.1, -0.05) is 36.4 Å². The van der Waals surface area contributed by atoms with Crippen LogP contribution in [0, 0.1) is 0 Å². The van der Waals surface area contributed by atoms with Crippen molar-refractivity contribution in [1.29, 1.82) is 0 Å². The molecule has 0 saturated heterocycles. The molecule has 5 rings (SSSR count). The molecule has 0 aliphatic heterocycles. The Morgan fingerprint density at radius 1 is 1.00 bits per heavy atom. The van der Waals surface area contributed by atoms with Crippen molar-refractivity contribution in [3.8, 4) is 16.2 Å². The number of amides is 1. The average molecular weight is 413 g/mol. The standard InChI is InChI=1S/C25H20N2O2S/c1-29-18-6-2-5-16(13-18)15-27-21-8-3-7-20(25(26)28)24(21)19-11-10-17(14-22(19)27)23-9-4-12-30-23/h2-14H,15H2,1H3,(H2,26,28). The number of ether oxygens (including phenoxy) is 1. The number of hydrogen-bond acceptors (Lipinski definition) is 3. The minimum absolute atomic E-state index is 0.414. The molecule has 2 heterocycles. The van der Waals surface area contributed by atoms with Gasteiger partial charge >= 0.3 is 0 Å². The lowest BCUT2D eigenvalue weighted by Crippen LogP contribution is -2.11. The minimum atomic E-state index is -0.414. The first-order valence-electron chi connectivity index (χ1n) is 9.67. The number of benzene rings is 3. The molecule has 1 amide bonds. The van der Waals surface area contributed by atoms with Crippen LogP contribution in [0.4, 0.5) is 0 Å². The Bertz CT molecular complexity index is 1380. The van der Waals surface area contributed by atoms with Crippen LogP contribution < -0.4 is 10.5 Å². The summed E-state index contributed by atoms with van der Waals surface area (Å²) in [6.45, 7) is 0.660. The Kier molecular flexibility index (Phi) is 4.52. The van der Waals surface area contributed by atoms with Gasteiger partial charge < -0.3 is 15.0 Å². The summed E-state index contributed by atoms with van der Waals surface area (Å²) in [5.74, 6) is 0.411. The molecule has 0 unspecified atom stereocenters. The van der Waals surface area contributed by atoms with Gasteiger partial charge in [0, 0.05) is 27.8 Å². The Morgan fingerprint density at radius 3 is 2.63 bits per heavy atom. The summed E-state index contributed by atoms with van der Waals surface area (Å²) in [7, 11) is 1.67. The Balaban J connectivity index is 1.79. The van der Waals surface area contributed by atoms with Crippen LogP contribution in [-0.4, -0.2) is 17.6 Å². The van der Waals surface area contributed by atoms with E-state index < -0.39 is 5.91 Å². The van der Waals surface area contributed by atoms with E-state index in [0.717, 1.165) is 38.7 Å². The molecule has 3 aromatic carbocycles. The van der Waals surface area contributed by atoms with E-state index in [2.05, 4.69) is 46.3 Å². The SMILES string of the molecule is COc1cccc(Cn2c3cc(-c4cccs4)ccc3c3c(C(N)=O)cccc32)c1. The summed E-state index contributed by atoms with van der Waals surface area (Å²) in [6, 6.07) is 24.4. The van der Waals surface area contributed by atoms with Crippen LogP contribution in [0.1, 0.15) is 15.9 Å². The van der Waals surface area contributed by atoms with Gasteiger partial charge in [-0.3, -0.25) is 4.79 Å². The van der Waals surface area contributed by atoms with Gasteiger partial charge in [-0.25, -0.2) is 0 Å². The highest BCUT2D eigenvalue weighted by Gasteiger charge is 2.17. The largest absolute Gasteiger partial charge is 0.497 e. The number of rotatable bonds is 5. The third-order valence-corrected chi connectivity index (χ3v) is 6.36. The van der Waals surface area contributed by atoms with E-state index in [1.54, 1.807) is 24.5 Å². The van der Waals surface area contributed by atoms with Crippen molar-refractivity contribution >= 4 is 39.0 Å². The fourth-order valence-electron chi connectivity index (χ4n) is 4.07. The van der Waals surface area contributed by atoms with Gasteiger partial charge in [0.05, 0.1) is 18.1 Å². The average Bonchev–Trinajstić information content (AvgIpc) is 3.41. The highest BCUT2D eigenvalue weighted by atomic mass is 32.1. The molecule has 0 aliphatic carbocycles. The number of carbonyl (C=O) groups is 1. The van der Waals surface area contributed by atoms with E-state index in [0.29, 0.717) is 12.1 Å². The lowest BCUT2D eigenvalue weighted by atomic mass is 10.0. The van der Waals surface area contributed by atoms with Gasteiger partial charge in [-0.15, -0.1) is 11.3 Å². The molecule has 4 nitrogen and oxygen atoms in total. The number of thiophene rings is 1. The first-order valence-corrected chi connectivity index (χ1v) is 10.6. The molecule has 30 heavy (non-hydrogen) atoms.